The van der Waals surface area contributed by atoms with Crippen molar-refractivity contribution in [2.24, 2.45) is 22.9 Å². The molecular formula is C48H55N5O9S. The number of nitrogens with one attached hydrogen (secondary N) is 1. The van der Waals surface area contributed by atoms with Gasteiger partial charge in [0.15, 0.2) is 0 Å². The van der Waals surface area contributed by atoms with Gasteiger partial charge in [-0.2, -0.15) is 11.8 Å². The average molecular weight is 878 g/mol. The summed E-state index contributed by atoms with van der Waals surface area (Å²) in [5.41, 5.74) is 5.12. The summed E-state index contributed by atoms with van der Waals surface area (Å²) in [7, 11) is 0. The minimum absolute atomic E-state index is 0.00676. The van der Waals surface area contributed by atoms with Gasteiger partial charge >= 0.3 is 6.09 Å². The molecule has 0 unspecified atom stereocenters. The molecule has 2 heterocycles. The molecule has 3 aromatic carbocycles. The molecule has 0 bridgehead atoms. The molecule has 0 spiro atoms. The van der Waals surface area contributed by atoms with Crippen molar-refractivity contribution in [2.75, 3.05) is 25.6 Å². The standard InChI is InChI=1S/C48H55N5O9S/c1-2-25-59-48-44(63-26-20-36-31-49-21-22-50-36)29-42(52-60-32-34-14-16-37(17-15-34)53(57)58)40-27-35(12-6-8-23-54)39(13-7-9-24-55)45(46(40)48)41-28-38(18-19-43(41)62-48)61-47(56)51-30-33-10-4-3-5-11-33/h2-5,10-11,14-19,21-22,27-28,31,35,39,44-46,54-55H,1,6-9,12-13,20,23-26,29-30,32H2,(H,51,56)/t35-,39+,44-,45+,46+,48+/m0/s1. The first-order valence-electron chi connectivity index (χ1n) is 21.6. The third kappa shape index (κ3) is 11.1. The van der Waals surface area contributed by atoms with Crippen molar-refractivity contribution in [1.29, 1.82) is 0 Å². The highest BCUT2D eigenvalue weighted by molar-refractivity contribution is 8.00. The Kier molecular flexibility index (Phi) is 16.0. The first-order chi connectivity index (χ1) is 30.8. The summed E-state index contributed by atoms with van der Waals surface area (Å²) in [4.78, 5) is 39.0. The van der Waals surface area contributed by atoms with Gasteiger partial charge in [0.25, 0.3) is 5.69 Å². The first-order valence-corrected chi connectivity index (χ1v) is 22.7. The number of rotatable bonds is 22. The van der Waals surface area contributed by atoms with Crippen molar-refractivity contribution in [1.82, 2.24) is 15.3 Å². The smallest absolute Gasteiger partial charge is 0.412 e. The fourth-order valence-corrected chi connectivity index (χ4v) is 10.5. The molecule has 1 amide bonds. The Bertz CT molecular complexity index is 2210. The number of hydrogen-bond donors (Lipinski definition) is 3. The Balaban J connectivity index is 1.31. The molecule has 63 heavy (non-hydrogen) atoms. The summed E-state index contributed by atoms with van der Waals surface area (Å²) in [5.74, 6) is -0.0194. The predicted molar refractivity (Wildman–Crippen MR) is 240 cm³/mol. The van der Waals surface area contributed by atoms with Crippen LogP contribution in [0, 0.1) is 27.9 Å². The van der Waals surface area contributed by atoms with Crippen LogP contribution in [0.2, 0.25) is 0 Å². The number of oxime groups is 1. The van der Waals surface area contributed by atoms with Crippen LogP contribution in [0.25, 0.3) is 0 Å². The quantitative estimate of drug-likeness (QED) is 0.0296. The molecule has 1 aromatic heterocycles. The number of aliphatic hydroxyl groups is 2. The second-order valence-electron chi connectivity index (χ2n) is 16.0. The molecule has 6 atom stereocenters. The number of ether oxygens (including phenoxy) is 3. The minimum atomic E-state index is -1.19. The zero-order chi connectivity index (χ0) is 44.0. The second-order valence-corrected chi connectivity index (χ2v) is 17.3. The highest BCUT2D eigenvalue weighted by atomic mass is 32.2. The number of aryl methyl sites for hydroxylation is 1. The SMILES string of the molecule is C=CCO[C@@]12Oc3ccc(OC(=O)NCc4ccccc4)cc3[C@H]3[C@H](CCCCO)[C@@H](CCCCO)C=C(C(=NOCc4ccc([N+](=O)[O-])cc4)C[C@@H]1SCCc1cnccn1)[C@H]32. The zero-order valence-corrected chi connectivity index (χ0v) is 36.1. The number of carbonyl (C=O) groups excluding carboxylic acids is 1. The number of non-ortho nitro benzene ring substituents is 1. The summed E-state index contributed by atoms with van der Waals surface area (Å²) in [6.07, 6.45) is 14.2. The third-order valence-corrected chi connectivity index (χ3v) is 13.3. The molecular weight excluding hydrogens is 823 g/mol. The highest BCUT2D eigenvalue weighted by Crippen LogP contribution is 2.62. The molecule has 14 nitrogen and oxygen atoms in total. The number of unbranched alkanes of at least 4 members (excludes halogenated alkanes) is 2. The molecule has 3 aliphatic rings. The van der Waals surface area contributed by atoms with E-state index >= 15 is 0 Å². The summed E-state index contributed by atoms with van der Waals surface area (Å²) < 4.78 is 20.2. The fraction of sp³-hybridized carbons (Fsp3) is 0.417. The van der Waals surface area contributed by atoms with Gasteiger partial charge < -0.3 is 34.6 Å². The van der Waals surface area contributed by atoms with Crippen LogP contribution in [-0.2, 0) is 29.1 Å². The van der Waals surface area contributed by atoms with Crippen LogP contribution in [0.3, 0.4) is 0 Å². The summed E-state index contributed by atoms with van der Waals surface area (Å²) >= 11 is 1.72. The van der Waals surface area contributed by atoms with Gasteiger partial charge in [0, 0.05) is 74.8 Å². The molecule has 15 heteroatoms. The van der Waals surface area contributed by atoms with Crippen LogP contribution in [0.1, 0.15) is 73.2 Å². The number of benzene rings is 3. The van der Waals surface area contributed by atoms with Crippen LogP contribution < -0.4 is 14.8 Å². The zero-order valence-electron chi connectivity index (χ0n) is 35.3. The first kappa shape index (κ1) is 45.4. The van der Waals surface area contributed by atoms with E-state index in [1.165, 1.54) is 12.1 Å². The number of amides is 1. The summed E-state index contributed by atoms with van der Waals surface area (Å²) in [6.45, 7) is 4.80. The Morgan fingerprint density at radius 3 is 2.56 bits per heavy atom. The molecule has 7 rings (SSSR count). The lowest BCUT2D eigenvalue weighted by Crippen LogP contribution is -2.64. The molecule has 1 saturated carbocycles. The highest BCUT2D eigenvalue weighted by Gasteiger charge is 2.64. The van der Waals surface area contributed by atoms with Gasteiger partial charge in [0.2, 0.25) is 5.79 Å². The van der Waals surface area contributed by atoms with E-state index < -0.39 is 22.7 Å². The molecule has 332 valence electrons. The lowest BCUT2D eigenvalue weighted by Gasteiger charge is -2.58. The van der Waals surface area contributed by atoms with E-state index in [2.05, 4.69) is 27.9 Å². The Morgan fingerprint density at radius 2 is 1.83 bits per heavy atom. The molecule has 0 saturated heterocycles. The number of nitro groups is 1. The maximum atomic E-state index is 13.2. The molecule has 4 aromatic rings. The molecule has 1 aliphatic heterocycles. The van der Waals surface area contributed by atoms with Gasteiger partial charge in [-0.3, -0.25) is 20.1 Å². The van der Waals surface area contributed by atoms with Crippen molar-refractivity contribution in [3.63, 3.8) is 0 Å². The number of nitrogens with zero attached hydrogens (tertiary/aromatic N) is 4. The van der Waals surface area contributed by atoms with Crippen molar-refractivity contribution < 1.29 is 39.0 Å². The Labute approximate surface area is 372 Å². The number of carbonyl (C=O) groups is 1. The van der Waals surface area contributed by atoms with Gasteiger partial charge in [0.05, 0.1) is 34.1 Å². The van der Waals surface area contributed by atoms with Crippen molar-refractivity contribution >= 4 is 29.3 Å². The number of aliphatic hydroxyl groups excluding tert-OH is 2. The van der Waals surface area contributed by atoms with Gasteiger partial charge in [-0.1, -0.05) is 60.5 Å². The van der Waals surface area contributed by atoms with Crippen molar-refractivity contribution in [3.05, 3.63) is 148 Å². The van der Waals surface area contributed by atoms with Crippen molar-refractivity contribution in [2.45, 2.75) is 81.5 Å². The maximum absolute atomic E-state index is 13.2. The lowest BCUT2D eigenvalue weighted by molar-refractivity contribution is -0.384. The molecule has 0 radical (unpaired) electrons. The van der Waals surface area contributed by atoms with E-state index in [4.69, 9.17) is 24.2 Å². The number of nitro benzene ring substituents is 1. The van der Waals surface area contributed by atoms with Crippen LogP contribution >= 0.6 is 11.8 Å². The largest absolute Gasteiger partial charge is 0.460 e. The number of allylic oxidation sites excluding steroid dienone is 1. The molecule has 2 aliphatic carbocycles. The second kappa shape index (κ2) is 22.1. The summed E-state index contributed by atoms with van der Waals surface area (Å²) in [5, 5.41) is 38.6. The fourth-order valence-electron chi connectivity index (χ4n) is 9.12. The monoisotopic (exact) mass is 877 g/mol. The summed E-state index contributed by atoms with van der Waals surface area (Å²) in [6, 6.07) is 21.4. The molecule has 3 N–H and O–H groups in total. The van der Waals surface area contributed by atoms with E-state index in [0.717, 1.165) is 59.4 Å². The minimum Gasteiger partial charge on any atom is -0.460 e. The topological polar surface area (TPSA) is 188 Å². The number of fused-ring (bicyclic) bond motifs is 2. The normalized spacial score (nSPS) is 22.8. The van der Waals surface area contributed by atoms with E-state index in [9.17, 15) is 25.1 Å². The lowest BCUT2D eigenvalue weighted by atomic mass is 9.56. The van der Waals surface area contributed by atoms with E-state index in [1.54, 1.807) is 54.6 Å². The average Bonchev–Trinajstić information content (AvgIpc) is 3.30. The van der Waals surface area contributed by atoms with E-state index in [-0.39, 0.29) is 55.1 Å². The van der Waals surface area contributed by atoms with Gasteiger partial charge in [-0.05, 0) is 90.3 Å². The third-order valence-electron chi connectivity index (χ3n) is 12.0. The number of aromatic nitrogens is 2. The van der Waals surface area contributed by atoms with Gasteiger partial charge in [0.1, 0.15) is 18.1 Å². The van der Waals surface area contributed by atoms with Crippen molar-refractivity contribution in [3.8, 4) is 11.5 Å². The predicted octanol–water partition coefficient (Wildman–Crippen LogP) is 8.48. The van der Waals surface area contributed by atoms with Crippen LogP contribution in [-0.4, -0.2) is 73.5 Å². The van der Waals surface area contributed by atoms with E-state index in [0.29, 0.717) is 49.5 Å². The Morgan fingerprint density at radius 1 is 1.03 bits per heavy atom. The van der Waals surface area contributed by atoms with Gasteiger partial charge in [-0.25, -0.2) is 4.79 Å². The maximum Gasteiger partial charge on any atom is 0.412 e. The van der Waals surface area contributed by atoms with Crippen LogP contribution in [0.4, 0.5) is 10.5 Å². The van der Waals surface area contributed by atoms with Gasteiger partial charge in [-0.15, -0.1) is 6.58 Å². The Hall–Kier alpha value is -5.61. The van der Waals surface area contributed by atoms with Crippen LogP contribution in [0.15, 0.2) is 121 Å². The van der Waals surface area contributed by atoms with E-state index in [1.807, 2.05) is 42.5 Å². The number of thioether (sulfide) groups is 1. The van der Waals surface area contributed by atoms with Crippen LogP contribution in [0.5, 0.6) is 11.5 Å². The molecule has 1 fully saturated rings. The number of hydrogen-bond acceptors (Lipinski definition) is 13.